The van der Waals surface area contributed by atoms with Crippen molar-refractivity contribution in [1.29, 1.82) is 0 Å². The molecule has 8 nitrogen and oxygen atoms in total. The number of nitrogens with zero attached hydrogens (tertiary/aromatic N) is 2. The third-order valence-corrected chi connectivity index (χ3v) is 3.80. The molecule has 8 heteroatoms. The highest BCUT2D eigenvalue weighted by atomic mass is 16.6. The van der Waals surface area contributed by atoms with Crippen molar-refractivity contribution in [2.24, 2.45) is 0 Å². The lowest BCUT2D eigenvalue weighted by molar-refractivity contribution is -0.384. The molecule has 27 heavy (non-hydrogen) atoms. The van der Waals surface area contributed by atoms with Crippen molar-refractivity contribution >= 4 is 28.6 Å². The van der Waals surface area contributed by atoms with Crippen LogP contribution in [0.1, 0.15) is 24.4 Å². The Labute approximate surface area is 153 Å². The Bertz CT molecular complexity index is 1100. The number of hydrogen-bond donors (Lipinski definition) is 1. The number of benzene rings is 2. The van der Waals surface area contributed by atoms with Crippen LogP contribution in [-0.2, 0) is 9.53 Å². The lowest BCUT2D eigenvalue weighted by atomic mass is 10.2. The van der Waals surface area contributed by atoms with Crippen LogP contribution in [0.25, 0.3) is 17.0 Å². The van der Waals surface area contributed by atoms with Crippen LogP contribution in [0.3, 0.4) is 0 Å². The summed E-state index contributed by atoms with van der Waals surface area (Å²) in [5.74, 6) is -0.430. The van der Waals surface area contributed by atoms with Gasteiger partial charge >= 0.3 is 5.97 Å². The van der Waals surface area contributed by atoms with Crippen LogP contribution in [0.5, 0.6) is 0 Å². The van der Waals surface area contributed by atoms with Crippen molar-refractivity contribution in [2.45, 2.75) is 13.0 Å². The Morgan fingerprint density at radius 1 is 1.26 bits per heavy atom. The molecule has 1 atom stereocenters. The number of fused-ring (bicyclic) bond motifs is 1. The molecule has 0 bridgehead atoms. The maximum absolute atomic E-state index is 12.1. The van der Waals surface area contributed by atoms with Crippen molar-refractivity contribution in [2.75, 3.05) is 0 Å². The second-order valence-corrected chi connectivity index (χ2v) is 5.73. The van der Waals surface area contributed by atoms with Gasteiger partial charge in [-0.3, -0.25) is 14.9 Å². The van der Waals surface area contributed by atoms with Crippen molar-refractivity contribution in [3.05, 3.63) is 86.5 Å². The fraction of sp³-hybridized carbons (Fsp3) is 0.105. The van der Waals surface area contributed by atoms with Crippen LogP contribution < -0.4 is 5.56 Å². The molecule has 0 spiro atoms. The van der Waals surface area contributed by atoms with Gasteiger partial charge in [0.25, 0.3) is 11.2 Å². The molecule has 0 saturated carbocycles. The largest absolute Gasteiger partial charge is 0.451 e. The summed E-state index contributed by atoms with van der Waals surface area (Å²) in [7, 11) is 0. The standard InChI is InChI=1S/C19H15N3O5/c1-12(18-20-16-8-3-2-7-15(16)19(24)21-18)27-17(23)10-9-13-5-4-6-14(11-13)22(25)26/h2-12H,1H3,(H,20,21,24)/b10-9+/t12-/m0/s1. The van der Waals surface area contributed by atoms with E-state index in [0.717, 1.165) is 6.08 Å². The van der Waals surface area contributed by atoms with E-state index in [0.29, 0.717) is 16.5 Å². The number of nitrogens with one attached hydrogen (secondary N) is 1. The van der Waals surface area contributed by atoms with E-state index in [1.54, 1.807) is 37.3 Å². The normalized spacial score (nSPS) is 12.2. The van der Waals surface area contributed by atoms with Gasteiger partial charge in [0.15, 0.2) is 11.9 Å². The van der Waals surface area contributed by atoms with E-state index in [1.807, 2.05) is 0 Å². The molecule has 0 radical (unpaired) electrons. The van der Waals surface area contributed by atoms with Crippen LogP contribution in [0, 0.1) is 10.1 Å². The molecule has 1 aromatic heterocycles. The van der Waals surface area contributed by atoms with Gasteiger partial charge in [-0.25, -0.2) is 9.78 Å². The Morgan fingerprint density at radius 2 is 2.04 bits per heavy atom. The minimum absolute atomic E-state index is 0.0724. The number of aromatic amines is 1. The topological polar surface area (TPSA) is 115 Å². The summed E-state index contributed by atoms with van der Waals surface area (Å²) in [5, 5.41) is 11.2. The zero-order valence-electron chi connectivity index (χ0n) is 14.3. The van der Waals surface area contributed by atoms with Gasteiger partial charge in [0.1, 0.15) is 0 Å². The van der Waals surface area contributed by atoms with Gasteiger partial charge < -0.3 is 9.72 Å². The molecule has 0 unspecified atom stereocenters. The smallest absolute Gasteiger partial charge is 0.331 e. The molecule has 3 aromatic rings. The van der Waals surface area contributed by atoms with Crippen molar-refractivity contribution in [1.82, 2.24) is 9.97 Å². The van der Waals surface area contributed by atoms with Gasteiger partial charge in [0.2, 0.25) is 0 Å². The number of H-pyrrole nitrogens is 1. The van der Waals surface area contributed by atoms with E-state index in [2.05, 4.69) is 9.97 Å². The molecular weight excluding hydrogens is 350 g/mol. The zero-order chi connectivity index (χ0) is 19.4. The van der Waals surface area contributed by atoms with Crippen molar-refractivity contribution in [3.8, 4) is 0 Å². The average Bonchev–Trinajstić information content (AvgIpc) is 2.66. The molecule has 0 fully saturated rings. The third-order valence-electron chi connectivity index (χ3n) is 3.80. The maximum Gasteiger partial charge on any atom is 0.331 e. The summed E-state index contributed by atoms with van der Waals surface area (Å²) < 4.78 is 5.25. The molecule has 2 aromatic carbocycles. The predicted octanol–water partition coefficient (Wildman–Crippen LogP) is 3.15. The van der Waals surface area contributed by atoms with Crippen LogP contribution in [0.4, 0.5) is 5.69 Å². The lowest BCUT2D eigenvalue weighted by Crippen LogP contribution is -2.16. The van der Waals surface area contributed by atoms with Gasteiger partial charge in [-0.05, 0) is 30.7 Å². The molecule has 0 amide bonds. The van der Waals surface area contributed by atoms with E-state index >= 15 is 0 Å². The number of carbonyl (C=O) groups excluding carboxylic acids is 1. The molecular formula is C19H15N3O5. The number of para-hydroxylation sites is 1. The van der Waals surface area contributed by atoms with Gasteiger partial charge in [-0.1, -0.05) is 24.3 Å². The summed E-state index contributed by atoms with van der Waals surface area (Å²) in [6, 6.07) is 12.7. The van der Waals surface area contributed by atoms with E-state index in [4.69, 9.17) is 4.74 Å². The number of ether oxygens (including phenoxy) is 1. The summed E-state index contributed by atoms with van der Waals surface area (Å²) in [5.41, 5.74) is 0.611. The summed E-state index contributed by atoms with van der Waals surface area (Å²) in [4.78, 5) is 41.3. The highest BCUT2D eigenvalue weighted by Gasteiger charge is 2.14. The molecule has 0 aliphatic carbocycles. The summed E-state index contributed by atoms with van der Waals surface area (Å²) in [6.07, 6.45) is 1.80. The Hall–Kier alpha value is -3.81. The van der Waals surface area contributed by atoms with Gasteiger partial charge in [0, 0.05) is 18.2 Å². The van der Waals surface area contributed by atoms with E-state index in [1.165, 1.54) is 24.3 Å². The fourth-order valence-corrected chi connectivity index (χ4v) is 2.47. The molecule has 3 rings (SSSR count). The van der Waals surface area contributed by atoms with E-state index in [-0.39, 0.29) is 17.1 Å². The second kappa shape index (κ2) is 7.61. The van der Waals surface area contributed by atoms with Crippen LogP contribution in [-0.4, -0.2) is 20.9 Å². The van der Waals surface area contributed by atoms with Crippen molar-refractivity contribution < 1.29 is 14.5 Å². The fourth-order valence-electron chi connectivity index (χ4n) is 2.47. The quantitative estimate of drug-likeness (QED) is 0.321. The Kier molecular flexibility index (Phi) is 5.07. The molecule has 1 N–H and O–H groups in total. The predicted molar refractivity (Wildman–Crippen MR) is 99.0 cm³/mol. The first-order chi connectivity index (χ1) is 12.9. The number of hydrogen-bond acceptors (Lipinski definition) is 6. The first kappa shape index (κ1) is 18.0. The number of esters is 1. The monoisotopic (exact) mass is 365 g/mol. The molecule has 1 heterocycles. The molecule has 0 aliphatic rings. The number of rotatable bonds is 5. The first-order valence-corrected chi connectivity index (χ1v) is 8.06. The first-order valence-electron chi connectivity index (χ1n) is 8.06. The van der Waals surface area contributed by atoms with Gasteiger partial charge in [-0.2, -0.15) is 0 Å². The minimum Gasteiger partial charge on any atom is -0.451 e. The number of nitro groups is 1. The molecule has 0 aliphatic heterocycles. The molecule has 136 valence electrons. The SMILES string of the molecule is C[C@H](OC(=O)/C=C/c1cccc([N+](=O)[O-])c1)c1nc2ccccc2c(=O)[nH]1. The summed E-state index contributed by atoms with van der Waals surface area (Å²) in [6.45, 7) is 1.59. The number of nitro benzene ring substituents is 1. The van der Waals surface area contributed by atoms with Crippen LogP contribution in [0.2, 0.25) is 0 Å². The van der Waals surface area contributed by atoms with Gasteiger partial charge in [-0.15, -0.1) is 0 Å². The van der Waals surface area contributed by atoms with Crippen LogP contribution in [0.15, 0.2) is 59.4 Å². The Balaban J connectivity index is 1.73. The Morgan fingerprint density at radius 3 is 2.81 bits per heavy atom. The van der Waals surface area contributed by atoms with Crippen molar-refractivity contribution in [3.63, 3.8) is 0 Å². The summed E-state index contributed by atoms with van der Waals surface area (Å²) >= 11 is 0. The number of aromatic nitrogens is 2. The minimum atomic E-state index is -0.774. The van der Waals surface area contributed by atoms with E-state index in [9.17, 15) is 19.7 Å². The van der Waals surface area contributed by atoms with Gasteiger partial charge in [0.05, 0.1) is 15.8 Å². The number of carbonyl (C=O) groups is 1. The molecule has 0 saturated heterocycles. The number of non-ortho nitro benzene ring substituents is 1. The van der Waals surface area contributed by atoms with Crippen LogP contribution >= 0.6 is 0 Å². The third kappa shape index (κ3) is 4.24. The van der Waals surface area contributed by atoms with E-state index < -0.39 is 17.0 Å². The zero-order valence-corrected chi connectivity index (χ0v) is 14.3. The maximum atomic E-state index is 12.1. The lowest BCUT2D eigenvalue weighted by Gasteiger charge is -2.11. The highest BCUT2D eigenvalue weighted by molar-refractivity contribution is 5.87. The highest BCUT2D eigenvalue weighted by Crippen LogP contribution is 2.16. The second-order valence-electron chi connectivity index (χ2n) is 5.73. The average molecular weight is 365 g/mol.